The first kappa shape index (κ1) is 15.7. The van der Waals surface area contributed by atoms with Crippen LogP contribution in [-0.4, -0.2) is 26.8 Å². The molecule has 1 aliphatic rings. The van der Waals surface area contributed by atoms with Gasteiger partial charge in [-0.15, -0.1) is 0 Å². The van der Waals surface area contributed by atoms with Crippen LogP contribution >= 0.6 is 15.9 Å². The molecule has 0 spiro atoms. The Hall–Kier alpha value is -0.660. The fourth-order valence-corrected chi connectivity index (χ4v) is 3.34. The molecule has 1 aliphatic carbocycles. The summed E-state index contributed by atoms with van der Waals surface area (Å²) in [5.74, 6) is -0.571. The zero-order valence-electron chi connectivity index (χ0n) is 11.0. The fourth-order valence-electron chi connectivity index (χ4n) is 1.80. The van der Waals surface area contributed by atoms with Crippen molar-refractivity contribution < 1.29 is 12.8 Å². The SMILES string of the molecule is O=S(=O)(CCCCNC1CC1)Nc1cc(Br)ccc1F. The van der Waals surface area contributed by atoms with Crippen LogP contribution in [0.15, 0.2) is 22.7 Å². The predicted molar refractivity (Wildman–Crippen MR) is 81.8 cm³/mol. The minimum atomic E-state index is -3.50. The molecule has 0 aromatic heterocycles. The third-order valence-electron chi connectivity index (χ3n) is 3.04. The summed E-state index contributed by atoms with van der Waals surface area (Å²) in [7, 11) is -3.50. The van der Waals surface area contributed by atoms with Crippen LogP contribution in [0.2, 0.25) is 0 Å². The molecule has 0 radical (unpaired) electrons. The molecule has 1 aromatic rings. The molecular formula is C13H18BrFN2O2S. The summed E-state index contributed by atoms with van der Waals surface area (Å²) < 4.78 is 40.1. The molecule has 112 valence electrons. The third kappa shape index (κ3) is 5.38. The van der Waals surface area contributed by atoms with Gasteiger partial charge < -0.3 is 5.32 Å². The van der Waals surface area contributed by atoms with E-state index in [1.165, 1.54) is 31.0 Å². The van der Waals surface area contributed by atoms with E-state index in [9.17, 15) is 12.8 Å². The largest absolute Gasteiger partial charge is 0.314 e. The molecule has 20 heavy (non-hydrogen) atoms. The third-order valence-corrected chi connectivity index (χ3v) is 4.89. The maximum Gasteiger partial charge on any atom is 0.232 e. The van der Waals surface area contributed by atoms with E-state index in [1.807, 2.05) is 0 Å². The van der Waals surface area contributed by atoms with Crippen LogP contribution in [0, 0.1) is 5.82 Å². The second-order valence-corrected chi connectivity index (χ2v) is 7.74. The number of unbranched alkanes of at least 4 members (excludes halogenated alkanes) is 1. The molecule has 0 bridgehead atoms. The van der Waals surface area contributed by atoms with Gasteiger partial charge in [0.05, 0.1) is 11.4 Å². The van der Waals surface area contributed by atoms with Crippen molar-refractivity contribution in [3.8, 4) is 0 Å². The van der Waals surface area contributed by atoms with E-state index in [4.69, 9.17) is 0 Å². The first-order chi connectivity index (χ1) is 9.46. The van der Waals surface area contributed by atoms with Gasteiger partial charge in [-0.3, -0.25) is 4.72 Å². The smallest absolute Gasteiger partial charge is 0.232 e. The number of nitrogens with one attached hydrogen (secondary N) is 2. The fraction of sp³-hybridized carbons (Fsp3) is 0.538. The number of sulfonamides is 1. The Kier molecular flexibility index (Phi) is 5.40. The second-order valence-electron chi connectivity index (χ2n) is 4.98. The summed E-state index contributed by atoms with van der Waals surface area (Å²) in [6, 6.07) is 4.81. The van der Waals surface area contributed by atoms with Gasteiger partial charge in [-0.05, 0) is 50.4 Å². The number of hydrogen-bond donors (Lipinski definition) is 2. The van der Waals surface area contributed by atoms with Gasteiger partial charge in [-0.2, -0.15) is 0 Å². The number of benzene rings is 1. The number of rotatable bonds is 8. The molecule has 0 heterocycles. The predicted octanol–water partition coefficient (Wildman–Crippen LogP) is 2.86. The van der Waals surface area contributed by atoms with Gasteiger partial charge >= 0.3 is 0 Å². The summed E-state index contributed by atoms with van der Waals surface area (Å²) in [6.45, 7) is 0.839. The van der Waals surface area contributed by atoms with Crippen LogP contribution < -0.4 is 10.0 Å². The van der Waals surface area contributed by atoms with Crippen molar-refractivity contribution in [3.05, 3.63) is 28.5 Å². The van der Waals surface area contributed by atoms with E-state index in [0.717, 1.165) is 13.0 Å². The van der Waals surface area contributed by atoms with E-state index in [1.54, 1.807) is 0 Å². The molecule has 0 atom stereocenters. The lowest BCUT2D eigenvalue weighted by molar-refractivity contribution is 0.589. The number of halogens is 2. The monoisotopic (exact) mass is 364 g/mol. The van der Waals surface area contributed by atoms with Crippen LogP contribution in [0.5, 0.6) is 0 Å². The zero-order chi connectivity index (χ0) is 14.6. The summed E-state index contributed by atoms with van der Waals surface area (Å²) in [5, 5.41) is 3.33. The molecule has 2 N–H and O–H groups in total. The minimum absolute atomic E-state index is 0.00526. The maximum atomic E-state index is 13.5. The molecule has 2 rings (SSSR count). The first-order valence-electron chi connectivity index (χ1n) is 6.65. The van der Waals surface area contributed by atoms with Crippen LogP contribution in [0.3, 0.4) is 0 Å². The van der Waals surface area contributed by atoms with Gasteiger partial charge in [-0.25, -0.2) is 12.8 Å². The summed E-state index contributed by atoms with van der Waals surface area (Å²) in [5.41, 5.74) is -0.0181. The minimum Gasteiger partial charge on any atom is -0.314 e. The lowest BCUT2D eigenvalue weighted by Crippen LogP contribution is -2.20. The average Bonchev–Trinajstić information content (AvgIpc) is 3.17. The van der Waals surface area contributed by atoms with Crippen molar-refractivity contribution in [2.45, 2.75) is 31.7 Å². The van der Waals surface area contributed by atoms with Crippen molar-refractivity contribution in [2.24, 2.45) is 0 Å². The van der Waals surface area contributed by atoms with E-state index in [2.05, 4.69) is 26.0 Å². The average molecular weight is 365 g/mol. The van der Waals surface area contributed by atoms with Crippen molar-refractivity contribution in [1.29, 1.82) is 0 Å². The molecule has 1 aromatic carbocycles. The number of hydrogen-bond acceptors (Lipinski definition) is 3. The zero-order valence-corrected chi connectivity index (χ0v) is 13.4. The highest BCUT2D eigenvalue weighted by Crippen LogP contribution is 2.21. The second kappa shape index (κ2) is 6.87. The van der Waals surface area contributed by atoms with Crippen LogP contribution in [0.1, 0.15) is 25.7 Å². The Balaban J connectivity index is 1.78. The lowest BCUT2D eigenvalue weighted by atomic mass is 10.3. The van der Waals surface area contributed by atoms with Gasteiger partial charge in [0.25, 0.3) is 0 Å². The summed E-state index contributed by atoms with van der Waals surface area (Å²) >= 11 is 3.19. The van der Waals surface area contributed by atoms with Crippen LogP contribution in [0.4, 0.5) is 10.1 Å². The van der Waals surface area contributed by atoms with Gasteiger partial charge in [0.2, 0.25) is 10.0 Å². The van der Waals surface area contributed by atoms with Crippen LogP contribution in [0.25, 0.3) is 0 Å². The Morgan fingerprint density at radius 2 is 2.05 bits per heavy atom. The van der Waals surface area contributed by atoms with Gasteiger partial charge in [0.15, 0.2) is 0 Å². The molecule has 0 saturated heterocycles. The summed E-state index contributed by atoms with van der Waals surface area (Å²) in [6.07, 6.45) is 3.81. The topological polar surface area (TPSA) is 58.2 Å². The Morgan fingerprint density at radius 3 is 2.75 bits per heavy atom. The highest BCUT2D eigenvalue weighted by molar-refractivity contribution is 9.10. The van der Waals surface area contributed by atoms with Gasteiger partial charge in [0.1, 0.15) is 5.82 Å². The molecule has 1 fully saturated rings. The molecule has 0 aliphatic heterocycles. The van der Waals surface area contributed by atoms with Crippen molar-refractivity contribution >= 4 is 31.6 Å². The highest BCUT2D eigenvalue weighted by Gasteiger charge is 2.19. The normalized spacial score (nSPS) is 15.3. The van der Waals surface area contributed by atoms with Gasteiger partial charge in [-0.1, -0.05) is 15.9 Å². The summed E-state index contributed by atoms with van der Waals surface area (Å²) in [4.78, 5) is 0. The van der Waals surface area contributed by atoms with Crippen LogP contribution in [-0.2, 0) is 10.0 Å². The molecule has 0 amide bonds. The Morgan fingerprint density at radius 1 is 1.30 bits per heavy atom. The molecule has 0 unspecified atom stereocenters. The molecule has 1 saturated carbocycles. The maximum absolute atomic E-state index is 13.5. The van der Waals surface area contributed by atoms with E-state index >= 15 is 0 Å². The van der Waals surface area contributed by atoms with E-state index in [-0.39, 0.29) is 11.4 Å². The van der Waals surface area contributed by atoms with Gasteiger partial charge in [0, 0.05) is 10.5 Å². The quantitative estimate of drug-likeness (QED) is 0.697. The molecule has 4 nitrogen and oxygen atoms in total. The standard InChI is InChI=1S/C13H18BrFN2O2S/c14-10-3-6-12(15)13(9-10)17-20(18,19)8-2-1-7-16-11-4-5-11/h3,6,9,11,16-17H,1-2,4-5,7-8H2. The Bertz CT molecular complexity index is 561. The van der Waals surface area contributed by atoms with Crippen molar-refractivity contribution in [2.75, 3.05) is 17.0 Å². The molecule has 7 heteroatoms. The Labute approximate surface area is 127 Å². The highest BCUT2D eigenvalue weighted by atomic mass is 79.9. The van der Waals surface area contributed by atoms with Crippen molar-refractivity contribution in [3.63, 3.8) is 0 Å². The molecular weight excluding hydrogens is 347 g/mol. The lowest BCUT2D eigenvalue weighted by Gasteiger charge is -2.09. The van der Waals surface area contributed by atoms with E-state index in [0.29, 0.717) is 16.9 Å². The number of anilines is 1. The first-order valence-corrected chi connectivity index (χ1v) is 9.10. The van der Waals surface area contributed by atoms with Crippen molar-refractivity contribution in [1.82, 2.24) is 5.32 Å². The van der Waals surface area contributed by atoms with E-state index < -0.39 is 15.8 Å².